The Morgan fingerprint density at radius 1 is 0.640 bits per heavy atom. The van der Waals surface area contributed by atoms with Crippen LogP contribution in [0.3, 0.4) is 0 Å². The summed E-state index contributed by atoms with van der Waals surface area (Å²) in [6, 6.07) is 22.3. The Balaban J connectivity index is 1.69. The molecule has 0 aliphatic heterocycles. The minimum Gasteiger partial charge on any atom is -0.256 e. The number of pyridine rings is 2. The van der Waals surface area contributed by atoms with Crippen LogP contribution in [0.2, 0.25) is 0 Å². The molecule has 0 aliphatic carbocycles. The van der Waals surface area contributed by atoms with Crippen LogP contribution in [0.15, 0.2) is 85.3 Å². The van der Waals surface area contributed by atoms with E-state index in [1.54, 1.807) is 0 Å². The van der Waals surface area contributed by atoms with Crippen molar-refractivity contribution in [3.8, 4) is 16.9 Å². The van der Waals surface area contributed by atoms with Crippen molar-refractivity contribution in [2.24, 2.45) is 0 Å². The Labute approximate surface area is 144 Å². The quantitative estimate of drug-likeness (QED) is 0.476. The highest BCUT2D eigenvalue weighted by Gasteiger charge is 2.10. The van der Waals surface area contributed by atoms with Crippen molar-refractivity contribution in [2.45, 2.75) is 0 Å². The molecule has 25 heavy (non-hydrogen) atoms. The lowest BCUT2D eigenvalue weighted by atomic mass is 10.1. The number of rotatable bonds is 2. The highest BCUT2D eigenvalue weighted by atomic mass is 15.3. The largest absolute Gasteiger partial charge is 0.256 e. The van der Waals surface area contributed by atoms with E-state index in [-0.39, 0.29) is 0 Å². The molecule has 0 atom stereocenters. The summed E-state index contributed by atoms with van der Waals surface area (Å²) >= 11 is 0. The van der Waals surface area contributed by atoms with E-state index in [2.05, 4.69) is 40.3 Å². The SMILES string of the molecule is c1cnc2c(-c3ccn(-c4cccc5cccnc45)n3)cccc2c1. The van der Waals surface area contributed by atoms with E-state index >= 15 is 0 Å². The van der Waals surface area contributed by atoms with Gasteiger partial charge in [-0.05, 0) is 24.3 Å². The van der Waals surface area contributed by atoms with Crippen molar-refractivity contribution in [1.82, 2.24) is 19.7 Å². The fourth-order valence-electron chi connectivity index (χ4n) is 3.19. The van der Waals surface area contributed by atoms with Gasteiger partial charge in [0.15, 0.2) is 0 Å². The first-order chi connectivity index (χ1) is 12.4. The fraction of sp³-hybridized carbons (Fsp3) is 0. The number of nitrogens with zero attached hydrogens (tertiary/aromatic N) is 4. The average molecular weight is 322 g/mol. The minimum absolute atomic E-state index is 0.900. The Bertz CT molecular complexity index is 1100. The summed E-state index contributed by atoms with van der Waals surface area (Å²) in [7, 11) is 0. The summed E-state index contributed by atoms with van der Waals surface area (Å²) in [5, 5.41) is 7.00. The van der Waals surface area contributed by atoms with Crippen LogP contribution in [0.25, 0.3) is 38.8 Å². The Hall–Kier alpha value is -3.53. The number of hydrogen-bond donors (Lipinski definition) is 0. The molecular formula is C21H14N4. The molecule has 0 saturated carbocycles. The molecule has 3 heterocycles. The van der Waals surface area contributed by atoms with Crippen LogP contribution in [0.5, 0.6) is 0 Å². The zero-order valence-electron chi connectivity index (χ0n) is 13.4. The van der Waals surface area contributed by atoms with E-state index in [4.69, 9.17) is 5.10 Å². The van der Waals surface area contributed by atoms with E-state index in [0.717, 1.165) is 38.8 Å². The smallest absolute Gasteiger partial charge is 0.0958 e. The molecule has 0 aliphatic rings. The second-order valence-electron chi connectivity index (χ2n) is 5.88. The molecule has 3 aromatic heterocycles. The van der Waals surface area contributed by atoms with Crippen molar-refractivity contribution in [2.75, 3.05) is 0 Å². The molecule has 0 bridgehead atoms. The van der Waals surface area contributed by atoms with Gasteiger partial charge < -0.3 is 0 Å². The average Bonchev–Trinajstić information content (AvgIpc) is 3.17. The first-order valence-corrected chi connectivity index (χ1v) is 8.14. The van der Waals surface area contributed by atoms with E-state index in [9.17, 15) is 0 Å². The lowest BCUT2D eigenvalue weighted by Gasteiger charge is -2.06. The topological polar surface area (TPSA) is 43.6 Å². The van der Waals surface area contributed by atoms with Gasteiger partial charge in [-0.2, -0.15) is 5.10 Å². The van der Waals surface area contributed by atoms with E-state index in [1.165, 1.54) is 0 Å². The first kappa shape index (κ1) is 13.9. The highest BCUT2D eigenvalue weighted by Crippen LogP contribution is 2.27. The summed E-state index contributed by atoms with van der Waals surface area (Å²) in [6.45, 7) is 0. The predicted octanol–water partition coefficient (Wildman–Crippen LogP) is 4.64. The van der Waals surface area contributed by atoms with Gasteiger partial charge in [-0.1, -0.05) is 42.5 Å². The van der Waals surface area contributed by atoms with Crippen molar-refractivity contribution in [3.05, 3.63) is 85.3 Å². The second kappa shape index (κ2) is 5.53. The monoisotopic (exact) mass is 322 g/mol. The number of aromatic nitrogens is 4. The van der Waals surface area contributed by atoms with Crippen molar-refractivity contribution >= 4 is 21.8 Å². The summed E-state index contributed by atoms with van der Waals surface area (Å²) in [5.74, 6) is 0. The molecule has 4 heteroatoms. The van der Waals surface area contributed by atoms with Gasteiger partial charge in [0.2, 0.25) is 0 Å². The van der Waals surface area contributed by atoms with Crippen molar-refractivity contribution in [1.29, 1.82) is 0 Å². The maximum Gasteiger partial charge on any atom is 0.0958 e. The zero-order chi connectivity index (χ0) is 16.6. The summed E-state index contributed by atoms with van der Waals surface area (Å²) in [4.78, 5) is 9.04. The number of hydrogen-bond acceptors (Lipinski definition) is 3. The molecule has 0 saturated heterocycles. The lowest BCUT2D eigenvalue weighted by molar-refractivity contribution is 0.889. The van der Waals surface area contributed by atoms with Gasteiger partial charge in [-0.25, -0.2) is 4.68 Å². The molecule has 4 nitrogen and oxygen atoms in total. The maximum atomic E-state index is 4.79. The van der Waals surface area contributed by atoms with Gasteiger partial charge in [-0.3, -0.25) is 9.97 Å². The molecule has 5 rings (SSSR count). The third-order valence-corrected chi connectivity index (χ3v) is 4.36. The normalized spacial score (nSPS) is 11.2. The molecule has 2 aromatic carbocycles. The summed E-state index contributed by atoms with van der Waals surface area (Å²) < 4.78 is 1.88. The number of para-hydroxylation sites is 2. The third-order valence-electron chi connectivity index (χ3n) is 4.36. The molecule has 0 fully saturated rings. The second-order valence-corrected chi connectivity index (χ2v) is 5.88. The van der Waals surface area contributed by atoms with Gasteiger partial charge in [0.1, 0.15) is 0 Å². The molecule has 5 aromatic rings. The molecule has 0 spiro atoms. The molecule has 118 valence electrons. The summed E-state index contributed by atoms with van der Waals surface area (Å²) in [5.41, 5.74) is 4.81. The minimum atomic E-state index is 0.900. The van der Waals surface area contributed by atoms with Crippen molar-refractivity contribution < 1.29 is 0 Å². The van der Waals surface area contributed by atoms with Crippen LogP contribution in [-0.4, -0.2) is 19.7 Å². The summed E-state index contributed by atoms with van der Waals surface area (Å²) in [6.07, 6.45) is 5.60. The van der Waals surface area contributed by atoms with Crippen LogP contribution in [-0.2, 0) is 0 Å². The molecular weight excluding hydrogens is 308 g/mol. The Morgan fingerprint density at radius 3 is 2.16 bits per heavy atom. The molecule has 0 radical (unpaired) electrons. The fourth-order valence-corrected chi connectivity index (χ4v) is 3.19. The van der Waals surface area contributed by atoms with Crippen LogP contribution in [0.1, 0.15) is 0 Å². The number of fused-ring (bicyclic) bond motifs is 2. The van der Waals surface area contributed by atoms with Crippen molar-refractivity contribution in [3.63, 3.8) is 0 Å². The van der Waals surface area contributed by atoms with Gasteiger partial charge in [-0.15, -0.1) is 0 Å². The maximum absolute atomic E-state index is 4.79. The van der Waals surface area contributed by atoms with Crippen LogP contribution >= 0.6 is 0 Å². The van der Waals surface area contributed by atoms with Gasteiger partial charge in [0.05, 0.1) is 22.4 Å². The molecule has 0 unspecified atom stereocenters. The number of benzene rings is 2. The van der Waals surface area contributed by atoms with E-state index < -0.39 is 0 Å². The molecule has 0 amide bonds. The zero-order valence-corrected chi connectivity index (χ0v) is 13.4. The first-order valence-electron chi connectivity index (χ1n) is 8.14. The Morgan fingerprint density at radius 2 is 1.32 bits per heavy atom. The standard InChI is InChI=1S/C21H14N4/c1-5-15-7-3-12-22-20(15)17(9-1)18-11-14-25(24-18)19-10-2-6-16-8-4-13-23-21(16)19/h1-14H. The van der Waals surface area contributed by atoms with E-state index in [0.29, 0.717) is 0 Å². The lowest BCUT2D eigenvalue weighted by Crippen LogP contribution is -1.97. The van der Waals surface area contributed by atoms with Crippen LogP contribution in [0, 0.1) is 0 Å². The highest BCUT2D eigenvalue weighted by molar-refractivity contribution is 5.92. The molecule has 0 N–H and O–H groups in total. The van der Waals surface area contributed by atoms with Crippen LogP contribution < -0.4 is 0 Å². The van der Waals surface area contributed by atoms with Gasteiger partial charge in [0.25, 0.3) is 0 Å². The van der Waals surface area contributed by atoms with Gasteiger partial charge >= 0.3 is 0 Å². The van der Waals surface area contributed by atoms with E-state index in [1.807, 2.05) is 59.7 Å². The predicted molar refractivity (Wildman–Crippen MR) is 99.6 cm³/mol. The Kier molecular flexibility index (Phi) is 3.07. The van der Waals surface area contributed by atoms with Gasteiger partial charge in [0, 0.05) is 34.9 Å². The third kappa shape index (κ3) is 2.27. The van der Waals surface area contributed by atoms with Crippen LogP contribution in [0.4, 0.5) is 0 Å².